The van der Waals surface area contributed by atoms with Crippen LogP contribution in [0.15, 0.2) is 17.8 Å². The lowest BCUT2D eigenvalue weighted by atomic mass is 10.1. The van der Waals surface area contributed by atoms with Gasteiger partial charge in [-0.1, -0.05) is 13.8 Å². The Morgan fingerprint density at radius 2 is 2.47 bits per heavy atom. The average molecular weight is 223 g/mol. The zero-order valence-electron chi connectivity index (χ0n) is 9.23. The van der Waals surface area contributed by atoms with Crippen LogP contribution in [0.1, 0.15) is 19.5 Å². The highest BCUT2D eigenvalue weighted by molar-refractivity contribution is 7.15. The van der Waals surface area contributed by atoms with Crippen LogP contribution in [0, 0.1) is 5.92 Å². The molecule has 1 unspecified atom stereocenters. The number of hydrogen-bond donors (Lipinski definition) is 1. The minimum atomic E-state index is 0.648. The lowest BCUT2D eigenvalue weighted by Crippen LogP contribution is -2.21. The minimum absolute atomic E-state index is 0.648. The number of aromatic nitrogens is 2. The van der Waals surface area contributed by atoms with Gasteiger partial charge < -0.3 is 5.32 Å². The molecule has 82 valence electrons. The van der Waals surface area contributed by atoms with Crippen molar-refractivity contribution in [1.82, 2.24) is 14.7 Å². The van der Waals surface area contributed by atoms with E-state index < -0.39 is 0 Å². The van der Waals surface area contributed by atoms with E-state index in [1.54, 1.807) is 11.3 Å². The average Bonchev–Trinajstić information content (AvgIpc) is 2.74. The van der Waals surface area contributed by atoms with Crippen LogP contribution in [0.5, 0.6) is 0 Å². The molecule has 2 aromatic heterocycles. The van der Waals surface area contributed by atoms with Crippen molar-refractivity contribution in [3.05, 3.63) is 23.5 Å². The van der Waals surface area contributed by atoms with Crippen molar-refractivity contribution in [3.63, 3.8) is 0 Å². The second kappa shape index (κ2) is 4.77. The normalized spacial score (nSPS) is 13.5. The molecule has 0 saturated heterocycles. The van der Waals surface area contributed by atoms with Crippen molar-refractivity contribution in [3.8, 4) is 0 Å². The number of imidazole rings is 1. The van der Waals surface area contributed by atoms with Crippen molar-refractivity contribution in [2.24, 2.45) is 5.92 Å². The molecule has 4 heteroatoms. The maximum Gasteiger partial charge on any atom is 0.193 e. The summed E-state index contributed by atoms with van der Waals surface area (Å²) in [6.07, 6.45) is 5.25. The number of fused-ring (bicyclic) bond motifs is 1. The fourth-order valence-corrected chi connectivity index (χ4v) is 2.41. The topological polar surface area (TPSA) is 29.3 Å². The SMILES string of the molecule is CCNCC(C)Cc1cn2ccsc2n1. The molecule has 0 aliphatic rings. The first kappa shape index (κ1) is 10.6. The Labute approximate surface area is 94.1 Å². The molecule has 1 atom stereocenters. The minimum Gasteiger partial charge on any atom is -0.317 e. The van der Waals surface area contributed by atoms with E-state index in [1.165, 1.54) is 5.69 Å². The highest BCUT2D eigenvalue weighted by atomic mass is 32.1. The number of rotatable bonds is 5. The Kier molecular flexibility index (Phi) is 3.38. The van der Waals surface area contributed by atoms with Gasteiger partial charge in [-0.3, -0.25) is 4.40 Å². The highest BCUT2D eigenvalue weighted by Crippen LogP contribution is 2.13. The van der Waals surface area contributed by atoms with E-state index in [0.717, 1.165) is 24.5 Å². The molecule has 0 aliphatic carbocycles. The summed E-state index contributed by atoms with van der Waals surface area (Å²) in [5.74, 6) is 0.648. The molecule has 0 spiro atoms. The lowest BCUT2D eigenvalue weighted by molar-refractivity contribution is 0.517. The van der Waals surface area contributed by atoms with Crippen molar-refractivity contribution in [2.45, 2.75) is 20.3 Å². The fourth-order valence-electron chi connectivity index (χ4n) is 1.69. The van der Waals surface area contributed by atoms with Crippen molar-refractivity contribution in [1.29, 1.82) is 0 Å². The third-order valence-electron chi connectivity index (χ3n) is 2.44. The number of hydrogen-bond acceptors (Lipinski definition) is 3. The van der Waals surface area contributed by atoms with Gasteiger partial charge in [-0.25, -0.2) is 4.98 Å². The smallest absolute Gasteiger partial charge is 0.193 e. The van der Waals surface area contributed by atoms with Crippen molar-refractivity contribution < 1.29 is 0 Å². The predicted molar refractivity (Wildman–Crippen MR) is 64.5 cm³/mol. The largest absolute Gasteiger partial charge is 0.317 e. The summed E-state index contributed by atoms with van der Waals surface area (Å²) in [6.45, 7) is 6.51. The molecule has 2 heterocycles. The maximum absolute atomic E-state index is 4.57. The number of nitrogens with zero attached hydrogens (tertiary/aromatic N) is 2. The highest BCUT2D eigenvalue weighted by Gasteiger charge is 2.07. The Morgan fingerprint density at radius 3 is 3.20 bits per heavy atom. The van der Waals surface area contributed by atoms with Crippen LogP contribution in [-0.2, 0) is 6.42 Å². The molecular formula is C11H17N3S. The molecule has 2 rings (SSSR count). The van der Waals surface area contributed by atoms with E-state index in [4.69, 9.17) is 0 Å². The van der Waals surface area contributed by atoms with Crippen molar-refractivity contribution >= 4 is 16.3 Å². The molecule has 0 aliphatic heterocycles. The summed E-state index contributed by atoms with van der Waals surface area (Å²) in [4.78, 5) is 5.67. The summed E-state index contributed by atoms with van der Waals surface area (Å²) in [5, 5.41) is 5.43. The van der Waals surface area contributed by atoms with Crippen LogP contribution < -0.4 is 5.32 Å². The number of thiazole rings is 1. The Balaban J connectivity index is 1.96. The molecule has 1 N–H and O–H groups in total. The van der Waals surface area contributed by atoms with E-state index in [0.29, 0.717) is 5.92 Å². The van der Waals surface area contributed by atoms with Gasteiger partial charge in [0, 0.05) is 17.8 Å². The quantitative estimate of drug-likeness (QED) is 0.842. The molecule has 0 amide bonds. The van der Waals surface area contributed by atoms with Gasteiger partial charge in [-0.15, -0.1) is 11.3 Å². The summed E-state index contributed by atoms with van der Waals surface area (Å²) in [7, 11) is 0. The number of nitrogens with one attached hydrogen (secondary N) is 1. The summed E-state index contributed by atoms with van der Waals surface area (Å²) in [5.41, 5.74) is 1.20. The third-order valence-corrected chi connectivity index (χ3v) is 3.21. The first-order chi connectivity index (χ1) is 7.29. The Hall–Kier alpha value is -0.870. The van der Waals surface area contributed by atoms with Gasteiger partial charge in [-0.05, 0) is 25.4 Å². The molecule has 0 fully saturated rings. The van der Waals surface area contributed by atoms with Crippen LogP contribution in [-0.4, -0.2) is 22.5 Å². The predicted octanol–water partition coefficient (Wildman–Crippen LogP) is 2.18. The standard InChI is InChI=1S/C11H17N3S/c1-3-12-7-9(2)6-10-8-14-4-5-15-11(14)13-10/h4-5,8-9,12H,3,6-7H2,1-2H3. The fraction of sp³-hybridized carbons (Fsp3) is 0.545. The molecule has 15 heavy (non-hydrogen) atoms. The second-order valence-electron chi connectivity index (χ2n) is 3.94. The van der Waals surface area contributed by atoms with Crippen LogP contribution in [0.4, 0.5) is 0 Å². The van der Waals surface area contributed by atoms with Gasteiger partial charge >= 0.3 is 0 Å². The van der Waals surface area contributed by atoms with Crippen LogP contribution in [0.2, 0.25) is 0 Å². The van der Waals surface area contributed by atoms with E-state index in [9.17, 15) is 0 Å². The Bertz CT molecular complexity index is 390. The van der Waals surface area contributed by atoms with Gasteiger partial charge in [0.25, 0.3) is 0 Å². The lowest BCUT2D eigenvalue weighted by Gasteiger charge is -2.09. The zero-order chi connectivity index (χ0) is 10.7. The summed E-state index contributed by atoms with van der Waals surface area (Å²) >= 11 is 1.69. The molecular weight excluding hydrogens is 206 g/mol. The van der Waals surface area contributed by atoms with Gasteiger partial charge in [0.2, 0.25) is 0 Å². The summed E-state index contributed by atoms with van der Waals surface area (Å²) < 4.78 is 2.10. The van der Waals surface area contributed by atoms with E-state index in [1.807, 2.05) is 0 Å². The van der Waals surface area contributed by atoms with E-state index >= 15 is 0 Å². The maximum atomic E-state index is 4.57. The molecule has 0 aromatic carbocycles. The summed E-state index contributed by atoms with van der Waals surface area (Å²) in [6, 6.07) is 0. The molecule has 3 nitrogen and oxygen atoms in total. The van der Waals surface area contributed by atoms with Gasteiger partial charge in [0.15, 0.2) is 4.96 Å². The first-order valence-electron chi connectivity index (χ1n) is 5.41. The monoisotopic (exact) mass is 223 g/mol. The Morgan fingerprint density at radius 1 is 1.60 bits per heavy atom. The zero-order valence-corrected chi connectivity index (χ0v) is 10.0. The second-order valence-corrected chi connectivity index (χ2v) is 4.82. The molecule has 0 bridgehead atoms. The van der Waals surface area contributed by atoms with E-state index in [2.05, 4.69) is 46.3 Å². The van der Waals surface area contributed by atoms with Gasteiger partial charge in [0.1, 0.15) is 0 Å². The van der Waals surface area contributed by atoms with Crippen LogP contribution >= 0.6 is 11.3 Å². The van der Waals surface area contributed by atoms with E-state index in [-0.39, 0.29) is 0 Å². The first-order valence-corrected chi connectivity index (χ1v) is 6.29. The molecule has 2 aromatic rings. The van der Waals surface area contributed by atoms with Gasteiger partial charge in [-0.2, -0.15) is 0 Å². The van der Waals surface area contributed by atoms with Crippen molar-refractivity contribution in [2.75, 3.05) is 13.1 Å². The van der Waals surface area contributed by atoms with Gasteiger partial charge in [0.05, 0.1) is 5.69 Å². The molecule has 0 radical (unpaired) electrons. The van der Waals surface area contributed by atoms with Crippen LogP contribution in [0.25, 0.3) is 4.96 Å². The van der Waals surface area contributed by atoms with Crippen LogP contribution in [0.3, 0.4) is 0 Å². The third kappa shape index (κ3) is 2.58. The molecule has 0 saturated carbocycles.